The molecule has 1 aromatic carbocycles. The summed E-state index contributed by atoms with van der Waals surface area (Å²) in [5, 5.41) is 10.2. The molecule has 0 saturated heterocycles. The first-order chi connectivity index (χ1) is 27.0. The molecule has 7 aromatic rings. The van der Waals surface area contributed by atoms with Crippen molar-refractivity contribution in [3.05, 3.63) is 145 Å². The van der Waals surface area contributed by atoms with Crippen molar-refractivity contribution in [1.29, 1.82) is 0 Å². The highest BCUT2D eigenvalue weighted by Gasteiger charge is 2.20. The highest BCUT2D eigenvalue weighted by molar-refractivity contribution is 7.98. The van der Waals surface area contributed by atoms with Crippen LogP contribution in [0, 0.1) is 0 Å². The maximum atomic E-state index is 10.2. The average molecular weight is 743 g/mol. The van der Waals surface area contributed by atoms with E-state index in [2.05, 4.69) is 89.1 Å². The summed E-state index contributed by atoms with van der Waals surface area (Å²) in [6.07, 6.45) is 21.2. The van der Waals surface area contributed by atoms with E-state index in [0.29, 0.717) is 0 Å². The lowest BCUT2D eigenvalue weighted by Crippen LogP contribution is -2.39. The summed E-state index contributed by atoms with van der Waals surface area (Å²) < 4.78 is 4.35. The summed E-state index contributed by atoms with van der Waals surface area (Å²) in [6, 6.07) is 28.9. The van der Waals surface area contributed by atoms with E-state index in [4.69, 9.17) is 19.6 Å². The SMILES string of the molecule is CO[n+]1ccc(-c2c3nc(c(-c4cc[n+](OC)cc4)c4ccc([nH]4)c(-c4cc[n+](O)cc4)c4nc(c(-c5ccc(SC)cc5)c5ccc2[nH]5)C=C4)C=C3)cc1. The van der Waals surface area contributed by atoms with Gasteiger partial charge in [0.2, 0.25) is 37.2 Å². The lowest BCUT2D eigenvalue weighted by molar-refractivity contribution is -0.904. The minimum absolute atomic E-state index is 0.787. The van der Waals surface area contributed by atoms with Gasteiger partial charge < -0.3 is 9.97 Å². The van der Waals surface area contributed by atoms with Crippen LogP contribution >= 0.6 is 11.8 Å². The van der Waals surface area contributed by atoms with Crippen LogP contribution in [0.2, 0.25) is 0 Å². The van der Waals surface area contributed by atoms with Gasteiger partial charge in [0, 0.05) is 99.8 Å². The molecule has 2 aliphatic heterocycles. The van der Waals surface area contributed by atoms with Crippen molar-refractivity contribution in [3.63, 3.8) is 0 Å². The Morgan fingerprint density at radius 1 is 0.473 bits per heavy atom. The van der Waals surface area contributed by atoms with E-state index < -0.39 is 0 Å². The molecule has 0 spiro atoms. The van der Waals surface area contributed by atoms with Crippen LogP contribution in [0.15, 0.2) is 127 Å². The van der Waals surface area contributed by atoms with Crippen molar-refractivity contribution in [2.75, 3.05) is 20.5 Å². The van der Waals surface area contributed by atoms with Crippen LogP contribution in [0.3, 0.4) is 0 Å². The standard InChI is InChI=1S/C44H35N7O3S/c1-53-50-24-18-30(19-25-50)43-37-11-9-34(46-37)41(28-4-6-32(55-3)7-5-28)33-8-10-35(45-33)42(29-16-22-49(52)23-17-29)36-12-13-38(47-36)44(40-15-14-39(43)48-40)31-20-26-51(54-2)27-21-31/h4-27H,1-3H3,(H2,45,46,47,48,52)/q+2/p+1. The molecular weight excluding hydrogens is 707 g/mol. The van der Waals surface area contributed by atoms with E-state index in [1.165, 1.54) is 4.90 Å². The summed E-state index contributed by atoms with van der Waals surface area (Å²) in [4.78, 5) is 30.3. The molecule has 0 saturated carbocycles. The molecule has 8 bridgehead atoms. The van der Waals surface area contributed by atoms with E-state index in [1.54, 1.807) is 47.8 Å². The normalized spacial score (nSPS) is 11.9. The molecule has 9 rings (SSSR count). The number of hydrogen-bond donors (Lipinski definition) is 3. The Hall–Kier alpha value is -6.98. The molecule has 268 valence electrons. The van der Waals surface area contributed by atoms with Gasteiger partial charge in [0.1, 0.15) is 14.2 Å². The van der Waals surface area contributed by atoms with Gasteiger partial charge in [-0.3, -0.25) is 14.9 Å². The van der Waals surface area contributed by atoms with Gasteiger partial charge in [-0.15, -0.1) is 11.8 Å². The number of nitrogens with one attached hydrogen (secondary N) is 2. The number of thioether (sulfide) groups is 1. The largest absolute Gasteiger partial charge is 0.354 e. The highest BCUT2D eigenvalue weighted by atomic mass is 32.2. The molecule has 0 aliphatic carbocycles. The summed E-state index contributed by atoms with van der Waals surface area (Å²) in [5.41, 5.74) is 14.4. The van der Waals surface area contributed by atoms with Crippen molar-refractivity contribution in [2.24, 2.45) is 0 Å². The minimum Gasteiger partial charge on any atom is -0.354 e. The van der Waals surface area contributed by atoms with E-state index in [-0.39, 0.29) is 0 Å². The van der Waals surface area contributed by atoms with Crippen molar-refractivity contribution in [3.8, 4) is 44.5 Å². The van der Waals surface area contributed by atoms with E-state index in [1.807, 2.05) is 61.2 Å². The predicted molar refractivity (Wildman–Crippen MR) is 215 cm³/mol. The maximum Gasteiger partial charge on any atom is 0.223 e. The van der Waals surface area contributed by atoms with E-state index >= 15 is 0 Å². The number of benzene rings is 1. The zero-order chi connectivity index (χ0) is 37.5. The molecule has 0 unspecified atom stereocenters. The van der Waals surface area contributed by atoms with Crippen LogP contribution in [-0.2, 0) is 0 Å². The molecule has 3 N–H and O–H groups in total. The third-order valence-corrected chi connectivity index (χ3v) is 10.6. The van der Waals surface area contributed by atoms with Gasteiger partial charge in [0.05, 0.1) is 22.8 Å². The fraction of sp³-hybridized carbons (Fsp3) is 0.0682. The maximum absolute atomic E-state index is 10.2. The molecule has 0 amide bonds. The van der Waals surface area contributed by atoms with Gasteiger partial charge in [0.25, 0.3) is 0 Å². The molecule has 10 nitrogen and oxygen atoms in total. The van der Waals surface area contributed by atoms with Gasteiger partial charge in [-0.2, -0.15) is 0 Å². The Labute approximate surface area is 320 Å². The lowest BCUT2D eigenvalue weighted by atomic mass is 10.0. The van der Waals surface area contributed by atoms with E-state index in [0.717, 1.165) is 94.1 Å². The molecule has 11 heteroatoms. The Morgan fingerprint density at radius 2 is 0.800 bits per heavy atom. The van der Waals surface area contributed by atoms with Crippen molar-refractivity contribution in [1.82, 2.24) is 19.9 Å². The van der Waals surface area contributed by atoms with Crippen molar-refractivity contribution >= 4 is 58.1 Å². The quantitative estimate of drug-likeness (QED) is 0.0902. The summed E-state index contributed by atoms with van der Waals surface area (Å²) in [7, 11) is 3.27. The first kappa shape index (κ1) is 33.8. The lowest BCUT2D eigenvalue weighted by Gasteiger charge is -2.07. The monoisotopic (exact) mass is 742 g/mol. The number of hydrogen-bond acceptors (Lipinski definition) is 6. The minimum atomic E-state index is 0.787. The predicted octanol–water partition coefficient (Wildman–Crippen LogP) is 7.26. The first-order valence-corrected chi connectivity index (χ1v) is 18.9. The third kappa shape index (κ3) is 6.30. The van der Waals surface area contributed by atoms with Gasteiger partial charge >= 0.3 is 0 Å². The molecule has 0 atom stereocenters. The topological polar surface area (TPSA) is 108 Å². The molecule has 6 aromatic heterocycles. The molecule has 8 heterocycles. The van der Waals surface area contributed by atoms with Gasteiger partial charge in [-0.1, -0.05) is 12.1 Å². The van der Waals surface area contributed by atoms with Gasteiger partial charge in [0.15, 0.2) is 0 Å². The first-order valence-electron chi connectivity index (χ1n) is 17.6. The Kier molecular flexibility index (Phi) is 8.68. The molecule has 0 fully saturated rings. The summed E-state index contributed by atoms with van der Waals surface area (Å²) in [6.45, 7) is 0. The fourth-order valence-corrected chi connectivity index (χ4v) is 7.57. The van der Waals surface area contributed by atoms with Gasteiger partial charge in [-0.05, 0) is 89.2 Å². The molecule has 2 aliphatic rings. The van der Waals surface area contributed by atoms with Crippen LogP contribution in [0.25, 0.3) is 90.9 Å². The van der Waals surface area contributed by atoms with Crippen molar-refractivity contribution in [2.45, 2.75) is 4.90 Å². The van der Waals surface area contributed by atoms with E-state index in [9.17, 15) is 5.21 Å². The Bertz CT molecular complexity index is 2760. The number of fused-ring (bicyclic) bond motifs is 8. The average Bonchev–Trinajstić information content (AvgIpc) is 4.07. The van der Waals surface area contributed by atoms with Crippen LogP contribution in [0.5, 0.6) is 0 Å². The molecule has 55 heavy (non-hydrogen) atoms. The molecular formula is C44H36N7O3S+3. The second-order valence-corrected chi connectivity index (χ2v) is 13.8. The van der Waals surface area contributed by atoms with Crippen molar-refractivity contribution < 1.29 is 29.1 Å². The summed E-state index contributed by atoms with van der Waals surface area (Å²) in [5.74, 6) is 0. The third-order valence-electron chi connectivity index (χ3n) is 9.84. The second kappa shape index (κ2) is 14.1. The smallest absolute Gasteiger partial charge is 0.223 e. The Balaban J connectivity index is 1.44. The number of nitrogens with zero attached hydrogens (tertiary/aromatic N) is 5. The second-order valence-electron chi connectivity index (χ2n) is 13.0. The fourth-order valence-electron chi connectivity index (χ4n) is 7.17. The number of H-pyrrole nitrogens is 2. The van der Waals surface area contributed by atoms with Crippen LogP contribution in [0.4, 0.5) is 0 Å². The van der Waals surface area contributed by atoms with Crippen LogP contribution in [-0.4, -0.2) is 45.6 Å². The zero-order valence-electron chi connectivity index (χ0n) is 30.3. The van der Waals surface area contributed by atoms with Gasteiger partial charge in [-0.25, -0.2) is 9.97 Å². The Morgan fingerprint density at radius 3 is 1.13 bits per heavy atom. The number of pyridine rings is 3. The number of rotatable bonds is 7. The van der Waals surface area contributed by atoms with Crippen LogP contribution in [0.1, 0.15) is 22.8 Å². The molecule has 0 radical (unpaired) electrons. The highest BCUT2D eigenvalue weighted by Crippen LogP contribution is 2.38. The summed E-state index contributed by atoms with van der Waals surface area (Å²) >= 11 is 1.71. The zero-order valence-corrected chi connectivity index (χ0v) is 31.1. The van der Waals surface area contributed by atoms with Crippen LogP contribution < -0.4 is 23.9 Å². The number of aromatic nitrogens is 7. The number of aromatic amines is 2.